The van der Waals surface area contributed by atoms with Gasteiger partial charge in [0.05, 0.1) is 18.5 Å². The van der Waals surface area contributed by atoms with Crippen LogP contribution in [0.1, 0.15) is 112 Å². The maximum Gasteiger partial charge on any atom is 2.00 e. The van der Waals surface area contributed by atoms with E-state index in [1.807, 2.05) is 19.9 Å². The van der Waals surface area contributed by atoms with Crippen molar-refractivity contribution in [2.45, 2.75) is 64.4 Å². The van der Waals surface area contributed by atoms with Crippen molar-refractivity contribution in [3.05, 3.63) is 162 Å². The summed E-state index contributed by atoms with van der Waals surface area (Å²) in [6.07, 6.45) is 9.94. The van der Waals surface area contributed by atoms with Crippen molar-refractivity contribution < 1.29 is 50.0 Å². The molecule has 1 unspecified atom stereocenters. The number of carbonyl (C=O) groups is 3. The van der Waals surface area contributed by atoms with Crippen molar-refractivity contribution in [3.63, 3.8) is 0 Å². The van der Waals surface area contributed by atoms with Crippen molar-refractivity contribution in [1.82, 2.24) is 20.4 Å². The molecular weight excluding hydrogens is 831 g/mol. The molecule has 0 amide bonds. The number of carbonyl (C=O) groups excluding carboxylic acids is 3. The number of ether oxygens (including phenoxy) is 1. The Hall–Kier alpha value is -4.66. The zero-order valence-corrected chi connectivity index (χ0v) is 36.8. The number of rotatable bonds is 12. The molecule has 59 heavy (non-hydrogen) atoms. The van der Waals surface area contributed by atoms with Crippen LogP contribution in [0.15, 0.2) is 110 Å². The smallest absolute Gasteiger partial charge is 1.00 e. The topological polar surface area (TPSA) is 138 Å². The fraction of sp³-hybridized carbons (Fsp3) is 0.261. The van der Waals surface area contributed by atoms with Crippen molar-refractivity contribution in [3.8, 4) is 22.3 Å². The summed E-state index contributed by atoms with van der Waals surface area (Å²) < 4.78 is 31.0. The number of benzene rings is 4. The van der Waals surface area contributed by atoms with E-state index in [4.69, 9.17) is 4.74 Å². The van der Waals surface area contributed by atoms with Gasteiger partial charge in [0.2, 0.25) is 0 Å². The van der Waals surface area contributed by atoms with E-state index < -0.39 is 6.10 Å². The Balaban J connectivity index is 0.000000347. The average Bonchev–Trinajstić information content (AvgIpc) is 4.05. The summed E-state index contributed by atoms with van der Waals surface area (Å²) in [5.41, 5.74) is 7.23. The van der Waals surface area contributed by atoms with Crippen LogP contribution in [0.2, 0.25) is 0 Å². The van der Waals surface area contributed by atoms with Crippen molar-refractivity contribution >= 4 is 40.9 Å². The molecule has 0 aliphatic carbocycles. The zero-order chi connectivity index (χ0) is 40.0. The second kappa shape index (κ2) is 25.1. The number of H-pyrrole nitrogens is 2. The number of hydrogen-bond donors (Lipinski definition) is 3. The van der Waals surface area contributed by atoms with Gasteiger partial charge in [-0.2, -0.15) is 10.2 Å². The van der Waals surface area contributed by atoms with Gasteiger partial charge in [-0.1, -0.05) is 62.4 Å². The van der Waals surface area contributed by atoms with Crippen LogP contribution in [0.25, 0.3) is 22.3 Å². The van der Waals surface area contributed by atoms with Gasteiger partial charge in [-0.3, -0.25) is 24.6 Å². The number of nitrogens with one attached hydrogen (secondary N) is 2. The Bertz CT molecular complexity index is 2170. The number of Topliss-reactive ketones (excluding diaryl/α,β-unsaturated/α-hetero) is 2. The van der Waals surface area contributed by atoms with Gasteiger partial charge in [0.1, 0.15) is 11.6 Å². The van der Waals surface area contributed by atoms with Gasteiger partial charge in [-0.25, -0.2) is 8.78 Å². The molecule has 0 saturated carbocycles. The molecule has 0 radical (unpaired) electrons. The minimum atomic E-state index is -0.706. The molecule has 1 fully saturated rings. The first-order valence-corrected chi connectivity index (χ1v) is 18.6. The number of halogens is 3. The fourth-order valence-corrected chi connectivity index (χ4v) is 6.36. The number of aliphatic hydroxyl groups is 1. The number of nitrogens with zero attached hydrogens (tertiary/aromatic N) is 2. The third kappa shape index (κ3) is 14.5. The molecule has 1 aliphatic heterocycles. The van der Waals surface area contributed by atoms with Gasteiger partial charge in [0, 0.05) is 66.3 Å². The van der Waals surface area contributed by atoms with Crippen LogP contribution in [0.3, 0.4) is 0 Å². The Morgan fingerprint density at radius 1 is 0.729 bits per heavy atom. The number of aliphatic hydroxyl groups excluding tert-OH is 1. The molecule has 6 aromatic rings. The summed E-state index contributed by atoms with van der Waals surface area (Å²) in [7, 11) is 0. The summed E-state index contributed by atoms with van der Waals surface area (Å²) in [6.45, 7) is 7.54. The average molecular weight is 880 g/mol. The van der Waals surface area contributed by atoms with Gasteiger partial charge in [0.15, 0.2) is 17.9 Å². The molecule has 7 rings (SSSR count). The van der Waals surface area contributed by atoms with E-state index in [-0.39, 0.29) is 88.9 Å². The number of hydrogen-bond acceptors (Lipinski definition) is 7. The summed E-state index contributed by atoms with van der Waals surface area (Å²) in [5.74, 6) is -0.717. The maximum atomic E-state index is 13.1. The first-order chi connectivity index (χ1) is 27.0. The molecule has 1 aliphatic rings. The Morgan fingerprint density at radius 2 is 1.17 bits per heavy atom. The van der Waals surface area contributed by atoms with E-state index in [1.54, 1.807) is 86.3 Å². The molecule has 13 heteroatoms. The second-order valence-electron chi connectivity index (χ2n) is 13.9. The van der Waals surface area contributed by atoms with Crippen LogP contribution in [0.5, 0.6) is 0 Å². The monoisotopic (exact) mass is 878 g/mol. The molecule has 3 N–H and O–H groups in total. The van der Waals surface area contributed by atoms with Crippen LogP contribution < -0.4 is 17.0 Å². The van der Waals surface area contributed by atoms with E-state index in [9.17, 15) is 28.3 Å². The van der Waals surface area contributed by atoms with Crippen LogP contribution in [-0.2, 0) is 4.74 Å². The third-order valence-corrected chi connectivity index (χ3v) is 9.63. The standard InChI is InChI=1S/C21H21FN2O2.C20H17FN2O2.C4H8O.CH3.BrH.Mg/c1-13(15-3-6-18(22)7-4-15)9-21(26)16-5-8-19(17-11-23-24-12-17)20(10-16)14(2)25;1-13(14-2-5-18(21)6-3-14)8-20(25)15-4-7-19(16(9-15)12-24)17-10-22-23-11-17;1-2-4-5-3-1;;;/h3-8,10-14,25H,9H2,1-2H3,(H,23,24);2-7,9-13H,8H2,1H3,(H,22,23);1-4H2;1H3;1H;/q;;;-1;;+2/p-1/t13-,14?;13-;;;;/m00..../s1. The predicted octanol–water partition coefficient (Wildman–Crippen LogP) is 6.92. The molecule has 0 spiro atoms. The molecule has 1 saturated heterocycles. The molecule has 4 aromatic carbocycles. The zero-order valence-electron chi connectivity index (χ0n) is 33.8. The molecule has 0 bridgehead atoms. The second-order valence-corrected chi connectivity index (χ2v) is 13.9. The van der Waals surface area contributed by atoms with Gasteiger partial charge < -0.3 is 34.3 Å². The summed E-state index contributed by atoms with van der Waals surface area (Å²) >= 11 is 0. The van der Waals surface area contributed by atoms with Crippen molar-refractivity contribution in [1.29, 1.82) is 0 Å². The largest absolute Gasteiger partial charge is 2.00 e. The maximum absolute atomic E-state index is 13.1. The summed E-state index contributed by atoms with van der Waals surface area (Å²) in [4.78, 5) is 36.6. The van der Waals surface area contributed by atoms with Crippen molar-refractivity contribution in [2.24, 2.45) is 0 Å². The van der Waals surface area contributed by atoms with Gasteiger partial charge >= 0.3 is 23.1 Å². The van der Waals surface area contributed by atoms with Crippen LogP contribution >= 0.6 is 0 Å². The molecule has 3 atom stereocenters. The number of ketones is 2. The van der Waals surface area contributed by atoms with E-state index in [0.29, 0.717) is 28.7 Å². The van der Waals surface area contributed by atoms with Gasteiger partial charge in [0.25, 0.3) is 0 Å². The van der Waals surface area contributed by atoms with Crippen LogP contribution in [0.4, 0.5) is 8.78 Å². The van der Waals surface area contributed by atoms with E-state index >= 15 is 0 Å². The molecule has 9 nitrogen and oxygen atoms in total. The fourth-order valence-electron chi connectivity index (χ4n) is 6.36. The summed E-state index contributed by atoms with van der Waals surface area (Å²) in [5, 5.41) is 23.4. The van der Waals surface area contributed by atoms with E-state index in [1.165, 1.54) is 37.1 Å². The number of aromatic amines is 2. The van der Waals surface area contributed by atoms with Crippen molar-refractivity contribution in [2.75, 3.05) is 13.2 Å². The quantitative estimate of drug-likeness (QED) is 0.0526. The Morgan fingerprint density at radius 3 is 1.56 bits per heavy atom. The minimum Gasteiger partial charge on any atom is -1.00 e. The first kappa shape index (κ1) is 50.5. The van der Waals surface area contributed by atoms with Gasteiger partial charge in [-0.05, 0) is 95.8 Å². The molecule has 2 aromatic heterocycles. The van der Waals surface area contributed by atoms with Crippen LogP contribution in [0, 0.1) is 19.1 Å². The molecule has 3 heterocycles. The molecular formula is C46H49BrF2MgN4O5. The first-order valence-electron chi connectivity index (χ1n) is 18.6. The summed E-state index contributed by atoms with van der Waals surface area (Å²) in [6, 6.07) is 22.8. The number of aldehydes is 1. The molecule has 306 valence electrons. The normalized spacial score (nSPS) is 13.0. The Kier molecular flexibility index (Phi) is 21.5. The number of aromatic nitrogens is 4. The van der Waals surface area contributed by atoms with E-state index in [0.717, 1.165) is 52.9 Å². The van der Waals surface area contributed by atoms with Crippen LogP contribution in [-0.4, -0.2) is 79.6 Å². The predicted molar refractivity (Wildman–Crippen MR) is 224 cm³/mol. The Labute approximate surface area is 371 Å². The minimum absolute atomic E-state index is 0. The van der Waals surface area contributed by atoms with Gasteiger partial charge in [-0.15, -0.1) is 0 Å². The van der Waals surface area contributed by atoms with E-state index in [2.05, 4.69) is 20.4 Å². The third-order valence-electron chi connectivity index (χ3n) is 9.63. The SMILES string of the molecule is C1CCOC1.CC(O)c1cc(C(=O)C[C@H](C)c2ccc(F)cc2)ccc1-c1cn[nH]c1.C[C@@H](CC(=O)c1ccc(-c2cn[nH]c2)c(C=O)c1)c1ccc(F)cc1.[Br-].[CH3-].[Mg+2].